The normalized spacial score (nSPS) is 19.3. The molecule has 0 radical (unpaired) electrons. The highest BCUT2D eigenvalue weighted by atomic mass is 16.7. The third-order valence-corrected chi connectivity index (χ3v) is 4.45. The van der Waals surface area contributed by atoms with E-state index in [1.165, 1.54) is 0 Å². The van der Waals surface area contributed by atoms with Crippen molar-refractivity contribution in [1.29, 1.82) is 0 Å². The van der Waals surface area contributed by atoms with Gasteiger partial charge in [-0.25, -0.2) is 4.79 Å². The highest BCUT2D eigenvalue weighted by Crippen LogP contribution is 2.38. The van der Waals surface area contributed by atoms with Crippen LogP contribution >= 0.6 is 0 Å². The Morgan fingerprint density at radius 1 is 1.19 bits per heavy atom. The van der Waals surface area contributed by atoms with Gasteiger partial charge in [0, 0.05) is 18.9 Å². The molecule has 1 N–H and O–H groups in total. The summed E-state index contributed by atoms with van der Waals surface area (Å²) in [6.45, 7) is 13.7. The van der Waals surface area contributed by atoms with Crippen molar-refractivity contribution in [2.45, 2.75) is 65.3 Å². The van der Waals surface area contributed by atoms with Gasteiger partial charge in [-0.05, 0) is 71.6 Å². The second kappa shape index (κ2) is 7.41. The molecule has 1 saturated heterocycles. The maximum Gasteiger partial charge on any atom is 0.492 e. The molecule has 1 aromatic heterocycles. The largest absolute Gasteiger partial charge is 0.492 e. The zero-order valence-electron chi connectivity index (χ0n) is 16.8. The maximum absolute atomic E-state index is 12.0. The quantitative estimate of drug-likeness (QED) is 0.831. The van der Waals surface area contributed by atoms with Crippen molar-refractivity contribution in [3.63, 3.8) is 0 Å². The molecular weight excluding hydrogens is 331 g/mol. The van der Waals surface area contributed by atoms with E-state index >= 15 is 0 Å². The summed E-state index contributed by atoms with van der Waals surface area (Å²) < 4.78 is 17.6. The fraction of sp³-hybridized carbons (Fsp3) is 0.579. The molecule has 0 atom stereocenters. The first kappa shape index (κ1) is 20.5. The van der Waals surface area contributed by atoms with E-state index in [4.69, 9.17) is 14.0 Å². The van der Waals surface area contributed by atoms with Crippen LogP contribution in [0.5, 0.6) is 0 Å². The van der Waals surface area contributed by atoms with E-state index in [1.807, 2.05) is 66.7 Å². The number of pyridine rings is 1. The molecule has 1 fully saturated rings. The summed E-state index contributed by atoms with van der Waals surface area (Å²) in [5.41, 5.74) is 0.294. The van der Waals surface area contributed by atoms with Crippen molar-refractivity contribution in [1.82, 2.24) is 10.3 Å². The molecule has 0 bridgehead atoms. The molecule has 1 aliphatic heterocycles. The molecule has 2 rings (SSSR count). The van der Waals surface area contributed by atoms with Crippen LogP contribution in [0.25, 0.3) is 6.08 Å². The predicted molar refractivity (Wildman–Crippen MR) is 103 cm³/mol. The molecule has 0 aromatic carbocycles. The van der Waals surface area contributed by atoms with Crippen molar-refractivity contribution in [2.75, 3.05) is 6.54 Å². The number of carbonyl (C=O) groups excluding carboxylic acids is 1. The minimum absolute atomic E-state index is 0.258. The van der Waals surface area contributed by atoms with E-state index in [1.54, 1.807) is 12.4 Å². The highest BCUT2D eigenvalue weighted by Gasteiger charge is 2.52. The maximum atomic E-state index is 12.0. The van der Waals surface area contributed by atoms with Crippen LogP contribution in [0.4, 0.5) is 4.79 Å². The van der Waals surface area contributed by atoms with E-state index in [9.17, 15) is 4.79 Å². The molecule has 0 aliphatic carbocycles. The van der Waals surface area contributed by atoms with Crippen molar-refractivity contribution < 1.29 is 18.8 Å². The van der Waals surface area contributed by atoms with Gasteiger partial charge in [0.05, 0.1) is 11.2 Å². The van der Waals surface area contributed by atoms with Gasteiger partial charge in [-0.15, -0.1) is 0 Å². The Bertz CT molecular complexity index is 650. The lowest BCUT2D eigenvalue weighted by molar-refractivity contribution is 0.00578. The van der Waals surface area contributed by atoms with Crippen LogP contribution < -0.4 is 5.32 Å². The van der Waals surface area contributed by atoms with Gasteiger partial charge in [0.25, 0.3) is 0 Å². The second-order valence-corrected chi connectivity index (χ2v) is 8.44. The molecule has 1 aliphatic rings. The number of ether oxygens (including phenoxy) is 1. The third-order valence-electron chi connectivity index (χ3n) is 4.45. The summed E-state index contributed by atoms with van der Waals surface area (Å²) >= 11 is 0. The van der Waals surface area contributed by atoms with Crippen LogP contribution in [0.3, 0.4) is 0 Å². The lowest BCUT2D eigenvalue weighted by Crippen LogP contribution is -2.41. The van der Waals surface area contributed by atoms with Crippen LogP contribution in [-0.2, 0) is 14.0 Å². The smallest absolute Gasteiger partial charge is 0.444 e. The Labute approximate surface area is 156 Å². The summed E-state index contributed by atoms with van der Waals surface area (Å²) in [5.74, 6) is 0. The van der Waals surface area contributed by atoms with Gasteiger partial charge in [0.15, 0.2) is 0 Å². The standard InChI is InChI=1S/C19H29BN2O4/c1-17(2,3)24-16(23)22-13-15(12-14-8-10-21-11-9-14)20-25-18(4,5)19(6,7)26-20/h8-12H,13H2,1-7H3,(H,22,23). The first-order valence-corrected chi connectivity index (χ1v) is 8.83. The number of carbonyl (C=O) groups is 1. The van der Waals surface area contributed by atoms with E-state index in [2.05, 4.69) is 10.3 Å². The Morgan fingerprint density at radius 3 is 2.23 bits per heavy atom. The van der Waals surface area contributed by atoms with Gasteiger partial charge in [-0.2, -0.15) is 0 Å². The van der Waals surface area contributed by atoms with Gasteiger partial charge in [0.1, 0.15) is 5.60 Å². The van der Waals surface area contributed by atoms with Crippen molar-refractivity contribution in [3.05, 3.63) is 35.6 Å². The lowest BCUT2D eigenvalue weighted by atomic mass is 9.77. The van der Waals surface area contributed by atoms with Gasteiger partial charge in [0.2, 0.25) is 0 Å². The number of nitrogens with zero attached hydrogens (tertiary/aromatic N) is 1. The average Bonchev–Trinajstić information content (AvgIpc) is 2.71. The number of rotatable bonds is 4. The van der Waals surface area contributed by atoms with Gasteiger partial charge in [-0.3, -0.25) is 4.98 Å². The first-order chi connectivity index (χ1) is 11.9. The Kier molecular flexibility index (Phi) is 5.83. The summed E-state index contributed by atoms with van der Waals surface area (Å²) in [6.07, 6.45) is 4.90. The Hall–Kier alpha value is -1.86. The van der Waals surface area contributed by atoms with Crippen LogP contribution in [0, 0.1) is 0 Å². The minimum Gasteiger partial charge on any atom is -0.444 e. The summed E-state index contributed by atoms with van der Waals surface area (Å²) in [5, 5.41) is 2.79. The van der Waals surface area contributed by atoms with E-state index < -0.39 is 30.0 Å². The van der Waals surface area contributed by atoms with Gasteiger partial charge < -0.3 is 19.4 Å². The average molecular weight is 360 g/mol. The van der Waals surface area contributed by atoms with E-state index in [-0.39, 0.29) is 6.54 Å². The molecule has 0 saturated carbocycles. The van der Waals surface area contributed by atoms with Gasteiger partial charge in [-0.1, -0.05) is 6.08 Å². The molecular formula is C19H29BN2O4. The zero-order valence-corrected chi connectivity index (χ0v) is 16.8. The minimum atomic E-state index is -0.553. The predicted octanol–water partition coefficient (Wildman–Crippen LogP) is 3.62. The highest BCUT2D eigenvalue weighted by molar-refractivity contribution is 6.56. The molecule has 26 heavy (non-hydrogen) atoms. The zero-order chi connectivity index (χ0) is 19.6. The summed E-state index contributed by atoms with van der Waals surface area (Å²) in [4.78, 5) is 16.1. The van der Waals surface area contributed by atoms with Crippen LogP contribution in [0.2, 0.25) is 0 Å². The number of alkyl carbamates (subject to hydrolysis) is 1. The van der Waals surface area contributed by atoms with Crippen LogP contribution in [0.1, 0.15) is 54.0 Å². The number of hydrogen-bond donors (Lipinski definition) is 1. The SMILES string of the molecule is CC(C)(C)OC(=O)NCC(=Cc1ccncc1)B1OC(C)(C)C(C)(C)O1. The van der Waals surface area contributed by atoms with E-state index in [0.29, 0.717) is 0 Å². The molecule has 6 nitrogen and oxygen atoms in total. The van der Waals surface area contributed by atoms with Crippen LogP contribution in [0.15, 0.2) is 30.0 Å². The molecule has 2 heterocycles. The lowest BCUT2D eigenvalue weighted by Gasteiger charge is -2.32. The van der Waals surface area contributed by atoms with Crippen molar-refractivity contribution >= 4 is 19.3 Å². The molecule has 1 amide bonds. The molecule has 0 spiro atoms. The number of amides is 1. The monoisotopic (exact) mass is 360 g/mol. The van der Waals surface area contributed by atoms with Crippen LogP contribution in [-0.4, -0.2) is 41.5 Å². The number of aromatic nitrogens is 1. The first-order valence-electron chi connectivity index (χ1n) is 8.83. The fourth-order valence-electron chi connectivity index (χ4n) is 2.36. The topological polar surface area (TPSA) is 69.7 Å². The van der Waals surface area contributed by atoms with Crippen molar-refractivity contribution in [3.8, 4) is 0 Å². The number of hydrogen-bond acceptors (Lipinski definition) is 5. The molecule has 0 unspecified atom stereocenters. The third kappa shape index (κ3) is 5.32. The molecule has 7 heteroatoms. The van der Waals surface area contributed by atoms with Gasteiger partial charge >= 0.3 is 13.2 Å². The van der Waals surface area contributed by atoms with E-state index in [0.717, 1.165) is 11.0 Å². The second-order valence-electron chi connectivity index (χ2n) is 8.44. The Balaban J connectivity index is 2.19. The number of nitrogens with one attached hydrogen (secondary N) is 1. The Morgan fingerprint density at radius 2 is 1.73 bits per heavy atom. The molecule has 142 valence electrons. The summed E-state index contributed by atoms with van der Waals surface area (Å²) in [7, 11) is -0.553. The van der Waals surface area contributed by atoms with Crippen molar-refractivity contribution in [2.24, 2.45) is 0 Å². The summed E-state index contributed by atoms with van der Waals surface area (Å²) in [6, 6.07) is 3.78. The molecule has 1 aromatic rings. The fourth-order valence-corrected chi connectivity index (χ4v) is 2.36.